The molecule has 0 aromatic rings. The molecule has 15 heavy (non-hydrogen) atoms. The lowest BCUT2D eigenvalue weighted by Crippen LogP contribution is -2.50. The summed E-state index contributed by atoms with van der Waals surface area (Å²) in [6, 6.07) is -0.331. The number of ether oxygens (including phenoxy) is 1. The second-order valence-electron chi connectivity index (χ2n) is 3.43. The molecular weight excluding hydrogens is 198 g/mol. The van der Waals surface area contributed by atoms with Gasteiger partial charge in [0, 0.05) is 6.54 Å². The zero-order valence-electron chi connectivity index (χ0n) is 8.85. The lowest BCUT2D eigenvalue weighted by atomic mass is 10.0. The Morgan fingerprint density at radius 2 is 2.40 bits per heavy atom. The van der Waals surface area contributed by atoms with E-state index in [1.54, 1.807) is 6.92 Å². The lowest BCUT2D eigenvalue weighted by molar-refractivity contribution is 0.0895. The minimum Gasteiger partial charge on any atom is -0.450 e. The molecule has 1 atom stereocenters. The number of likely N-dealkylation sites (tertiary alicyclic amines) is 1. The number of nitrogens with zero attached hydrogens (tertiary/aromatic N) is 2. The minimum absolute atomic E-state index is 0.0720. The predicted octanol–water partition coefficient (Wildman–Crippen LogP) is 0.744. The van der Waals surface area contributed by atoms with E-state index in [1.165, 1.54) is 4.90 Å². The molecule has 6 heteroatoms. The van der Waals surface area contributed by atoms with Crippen LogP contribution >= 0.6 is 0 Å². The molecule has 1 aliphatic rings. The maximum Gasteiger partial charge on any atom is 0.410 e. The van der Waals surface area contributed by atoms with Crippen LogP contribution in [0.15, 0.2) is 5.16 Å². The molecule has 3 N–H and O–H groups in total. The molecule has 1 rings (SSSR count). The summed E-state index contributed by atoms with van der Waals surface area (Å²) in [4.78, 5) is 13.1. The van der Waals surface area contributed by atoms with Gasteiger partial charge >= 0.3 is 6.09 Å². The molecule has 1 fully saturated rings. The van der Waals surface area contributed by atoms with Gasteiger partial charge in [0.2, 0.25) is 0 Å². The highest BCUT2D eigenvalue weighted by atomic mass is 16.6. The number of amides is 1. The van der Waals surface area contributed by atoms with Gasteiger partial charge in [0.05, 0.1) is 12.6 Å². The Bertz CT molecular complexity index is 255. The molecule has 0 bridgehead atoms. The normalized spacial score (nSPS) is 22.6. The van der Waals surface area contributed by atoms with Crippen LogP contribution in [0.1, 0.15) is 26.2 Å². The summed E-state index contributed by atoms with van der Waals surface area (Å²) in [5, 5.41) is 11.6. The van der Waals surface area contributed by atoms with Crippen molar-refractivity contribution in [2.24, 2.45) is 10.9 Å². The number of carbonyl (C=O) groups excluding carboxylic acids is 1. The van der Waals surface area contributed by atoms with Crippen molar-refractivity contribution in [2.45, 2.75) is 32.2 Å². The Kier molecular flexibility index (Phi) is 4.20. The van der Waals surface area contributed by atoms with Gasteiger partial charge in [-0.25, -0.2) is 4.79 Å². The number of rotatable bonds is 2. The first-order valence-electron chi connectivity index (χ1n) is 5.11. The molecule has 0 aromatic carbocycles. The van der Waals surface area contributed by atoms with Crippen molar-refractivity contribution in [3.63, 3.8) is 0 Å². The van der Waals surface area contributed by atoms with Gasteiger partial charge in [0.15, 0.2) is 5.84 Å². The largest absolute Gasteiger partial charge is 0.450 e. The fourth-order valence-electron chi connectivity index (χ4n) is 1.73. The number of hydrogen-bond acceptors (Lipinski definition) is 4. The van der Waals surface area contributed by atoms with Gasteiger partial charge in [-0.05, 0) is 26.2 Å². The quantitative estimate of drug-likeness (QED) is 0.308. The highest BCUT2D eigenvalue weighted by Gasteiger charge is 2.30. The molecule has 0 radical (unpaired) electrons. The van der Waals surface area contributed by atoms with E-state index >= 15 is 0 Å². The summed E-state index contributed by atoms with van der Waals surface area (Å²) in [5.41, 5.74) is 5.52. The first-order chi connectivity index (χ1) is 7.20. The van der Waals surface area contributed by atoms with Crippen LogP contribution in [0.4, 0.5) is 4.79 Å². The van der Waals surface area contributed by atoms with E-state index in [2.05, 4.69) is 5.16 Å². The maximum absolute atomic E-state index is 11.5. The average molecular weight is 215 g/mol. The van der Waals surface area contributed by atoms with E-state index in [4.69, 9.17) is 15.7 Å². The summed E-state index contributed by atoms with van der Waals surface area (Å²) in [6.07, 6.45) is 2.22. The number of carbonyl (C=O) groups is 1. The Labute approximate surface area is 88.7 Å². The van der Waals surface area contributed by atoms with Crippen LogP contribution in [0, 0.1) is 0 Å². The van der Waals surface area contributed by atoms with E-state index < -0.39 is 6.09 Å². The van der Waals surface area contributed by atoms with Crippen LogP contribution in [0.3, 0.4) is 0 Å². The number of oxime groups is 1. The van der Waals surface area contributed by atoms with Gasteiger partial charge < -0.3 is 15.7 Å². The summed E-state index contributed by atoms with van der Waals surface area (Å²) in [7, 11) is 0. The maximum atomic E-state index is 11.5. The molecular formula is C9H17N3O3. The second-order valence-corrected chi connectivity index (χ2v) is 3.43. The highest BCUT2D eigenvalue weighted by molar-refractivity contribution is 5.88. The third-order valence-corrected chi connectivity index (χ3v) is 2.46. The Morgan fingerprint density at radius 3 is 3.00 bits per heavy atom. The van der Waals surface area contributed by atoms with Gasteiger partial charge in [-0.3, -0.25) is 4.90 Å². The fourth-order valence-corrected chi connectivity index (χ4v) is 1.73. The van der Waals surface area contributed by atoms with Crippen LogP contribution in [0.2, 0.25) is 0 Å². The zero-order chi connectivity index (χ0) is 11.3. The van der Waals surface area contributed by atoms with E-state index in [9.17, 15) is 4.79 Å². The van der Waals surface area contributed by atoms with Crippen LogP contribution in [-0.2, 0) is 4.74 Å². The first-order valence-corrected chi connectivity index (χ1v) is 5.11. The Balaban J connectivity index is 2.69. The van der Waals surface area contributed by atoms with Gasteiger partial charge in [-0.15, -0.1) is 0 Å². The third-order valence-electron chi connectivity index (χ3n) is 2.46. The molecule has 0 aliphatic carbocycles. The predicted molar refractivity (Wildman–Crippen MR) is 54.8 cm³/mol. The van der Waals surface area contributed by atoms with E-state index in [-0.39, 0.29) is 11.9 Å². The fraction of sp³-hybridized carbons (Fsp3) is 0.778. The van der Waals surface area contributed by atoms with Gasteiger partial charge in [0.25, 0.3) is 0 Å². The molecule has 6 nitrogen and oxygen atoms in total. The number of piperidine rings is 1. The SMILES string of the molecule is CCOC(=O)N1CCCCC1C(N)=NO. The molecule has 0 saturated carbocycles. The molecule has 1 amide bonds. The summed E-state index contributed by atoms with van der Waals surface area (Å²) >= 11 is 0. The number of amidine groups is 1. The molecule has 1 unspecified atom stereocenters. The van der Waals surface area contributed by atoms with Gasteiger partial charge in [-0.1, -0.05) is 5.16 Å². The van der Waals surface area contributed by atoms with Crippen molar-refractivity contribution in [2.75, 3.05) is 13.2 Å². The standard InChI is InChI=1S/C9H17N3O3/c1-2-15-9(13)12-6-4-3-5-7(12)8(10)11-14/h7,14H,2-6H2,1H3,(H2,10,11). The first kappa shape index (κ1) is 11.6. The van der Waals surface area contributed by atoms with Gasteiger partial charge in [0.1, 0.15) is 0 Å². The topological polar surface area (TPSA) is 88.2 Å². The van der Waals surface area contributed by atoms with Crippen molar-refractivity contribution >= 4 is 11.9 Å². The van der Waals surface area contributed by atoms with Crippen molar-refractivity contribution in [3.05, 3.63) is 0 Å². The van der Waals surface area contributed by atoms with E-state index in [0.29, 0.717) is 19.6 Å². The molecule has 1 aliphatic heterocycles. The summed E-state index contributed by atoms with van der Waals surface area (Å²) < 4.78 is 4.90. The molecule has 1 saturated heterocycles. The zero-order valence-corrected chi connectivity index (χ0v) is 8.85. The molecule has 0 spiro atoms. The van der Waals surface area contributed by atoms with E-state index in [1.807, 2.05) is 0 Å². The second kappa shape index (κ2) is 5.43. The highest BCUT2D eigenvalue weighted by Crippen LogP contribution is 2.18. The van der Waals surface area contributed by atoms with Crippen molar-refractivity contribution < 1.29 is 14.7 Å². The van der Waals surface area contributed by atoms with E-state index in [0.717, 1.165) is 12.8 Å². The van der Waals surface area contributed by atoms with Crippen molar-refractivity contribution in [1.29, 1.82) is 0 Å². The molecule has 86 valence electrons. The lowest BCUT2D eigenvalue weighted by Gasteiger charge is -2.33. The van der Waals surface area contributed by atoms with Crippen LogP contribution in [-0.4, -0.2) is 41.2 Å². The third kappa shape index (κ3) is 2.74. The monoisotopic (exact) mass is 215 g/mol. The number of hydrogen-bond donors (Lipinski definition) is 2. The summed E-state index contributed by atoms with van der Waals surface area (Å²) in [5.74, 6) is 0.0720. The minimum atomic E-state index is -0.395. The summed E-state index contributed by atoms with van der Waals surface area (Å²) in [6.45, 7) is 2.68. The van der Waals surface area contributed by atoms with Crippen LogP contribution in [0.25, 0.3) is 0 Å². The Hall–Kier alpha value is -1.46. The van der Waals surface area contributed by atoms with Crippen molar-refractivity contribution in [3.8, 4) is 0 Å². The average Bonchev–Trinajstić information content (AvgIpc) is 2.28. The number of nitrogens with two attached hydrogens (primary N) is 1. The molecule has 0 aromatic heterocycles. The van der Waals surface area contributed by atoms with Crippen LogP contribution in [0.5, 0.6) is 0 Å². The van der Waals surface area contributed by atoms with Crippen LogP contribution < -0.4 is 5.73 Å². The van der Waals surface area contributed by atoms with Crippen molar-refractivity contribution in [1.82, 2.24) is 4.90 Å². The Morgan fingerprint density at radius 1 is 1.67 bits per heavy atom. The molecule has 1 heterocycles. The van der Waals surface area contributed by atoms with Gasteiger partial charge in [-0.2, -0.15) is 0 Å². The smallest absolute Gasteiger partial charge is 0.410 e.